The van der Waals surface area contributed by atoms with Gasteiger partial charge in [-0.2, -0.15) is 0 Å². The number of esters is 2. The minimum absolute atomic E-state index is 0.0189. The first-order chi connectivity index (χ1) is 18.1. The number of carbonyl (C=O) groups excluding carboxylic acids is 2. The molecule has 4 rings (SSSR count). The Morgan fingerprint density at radius 2 is 1.37 bits per heavy atom. The maximum Gasteiger partial charge on any atom is 0.338 e. The fraction of sp³-hybridized carbons (Fsp3) is 0.300. The van der Waals surface area contributed by atoms with Crippen molar-refractivity contribution < 1.29 is 19.1 Å². The van der Waals surface area contributed by atoms with Gasteiger partial charge in [0, 0.05) is 0 Å². The van der Waals surface area contributed by atoms with Crippen LogP contribution >= 0.6 is 11.3 Å². The summed E-state index contributed by atoms with van der Waals surface area (Å²) in [6.07, 6.45) is 1.76. The van der Waals surface area contributed by atoms with E-state index in [1.807, 2.05) is 48.5 Å². The molecule has 1 unspecified atom stereocenters. The first-order valence-electron chi connectivity index (χ1n) is 12.4. The summed E-state index contributed by atoms with van der Waals surface area (Å²) >= 11 is 1.14. The van der Waals surface area contributed by atoms with Crippen molar-refractivity contribution in [2.75, 3.05) is 14.2 Å². The number of nitrogens with two attached hydrogens (primary N) is 1. The summed E-state index contributed by atoms with van der Waals surface area (Å²) in [6.45, 7) is 8.39. The van der Waals surface area contributed by atoms with Crippen LogP contribution in [0.5, 0.6) is 0 Å². The van der Waals surface area contributed by atoms with Gasteiger partial charge in [0.2, 0.25) is 0 Å². The number of hydrogen-bond acceptors (Lipinski definition) is 7. The Bertz CT molecular complexity index is 1590. The lowest BCUT2D eigenvalue weighted by Gasteiger charge is -2.26. The highest BCUT2D eigenvalue weighted by Crippen LogP contribution is 2.38. The number of ether oxygens (including phenoxy) is 2. The van der Waals surface area contributed by atoms with E-state index < -0.39 is 23.4 Å². The Morgan fingerprint density at radius 3 is 1.87 bits per heavy atom. The molecule has 2 aromatic carbocycles. The number of benzene rings is 2. The standard InChI is InChI=1S/C30H32N2O5S/c1-16(2)19-9-7-18(8-10-19)15-22-27(33)32-26(31)24(29(34)36-5)23(25(28(32)38-22)30(35)37-6)21-13-11-20(12-14-21)17(3)4/h7-17,23H,31H2,1-6H3/b22-15-. The van der Waals surface area contributed by atoms with Crippen LogP contribution in [0.15, 0.2) is 58.9 Å². The number of methoxy groups -OCH3 is 2. The van der Waals surface area contributed by atoms with Crippen molar-refractivity contribution in [3.63, 3.8) is 0 Å². The molecule has 3 aromatic rings. The van der Waals surface area contributed by atoms with Crippen LogP contribution in [0.4, 0.5) is 0 Å². The van der Waals surface area contributed by atoms with E-state index in [-0.39, 0.29) is 17.0 Å². The van der Waals surface area contributed by atoms with Crippen LogP contribution in [0.2, 0.25) is 0 Å². The molecule has 1 aromatic heterocycles. The van der Waals surface area contributed by atoms with E-state index >= 15 is 0 Å². The Balaban J connectivity index is 2.04. The molecule has 8 heteroatoms. The number of fused-ring (bicyclic) bond motifs is 1. The number of carbonyl (C=O) groups is 2. The van der Waals surface area contributed by atoms with Crippen molar-refractivity contribution >= 4 is 40.7 Å². The van der Waals surface area contributed by atoms with Gasteiger partial charge < -0.3 is 15.2 Å². The summed E-state index contributed by atoms with van der Waals surface area (Å²) in [5.41, 5.74) is 10.1. The summed E-state index contributed by atoms with van der Waals surface area (Å²) in [6, 6.07) is 15.6. The quantitative estimate of drug-likeness (QED) is 0.489. The summed E-state index contributed by atoms with van der Waals surface area (Å²) in [7, 11) is 2.51. The molecule has 0 amide bonds. The maximum atomic E-state index is 13.6. The predicted molar refractivity (Wildman–Crippen MR) is 150 cm³/mol. The minimum Gasteiger partial charge on any atom is -0.466 e. The van der Waals surface area contributed by atoms with Crippen LogP contribution in [0.1, 0.15) is 67.7 Å². The molecular formula is C30H32N2O5S. The zero-order valence-electron chi connectivity index (χ0n) is 22.4. The number of hydrogen-bond donors (Lipinski definition) is 1. The monoisotopic (exact) mass is 532 g/mol. The summed E-state index contributed by atoms with van der Waals surface area (Å²) in [5, 5.41) is 0. The minimum atomic E-state index is -0.868. The normalized spacial score (nSPS) is 15.7. The van der Waals surface area contributed by atoms with Gasteiger partial charge in [-0.25, -0.2) is 9.59 Å². The fourth-order valence-electron chi connectivity index (χ4n) is 4.60. The highest BCUT2D eigenvalue weighted by atomic mass is 32.1. The summed E-state index contributed by atoms with van der Waals surface area (Å²) < 4.78 is 12.1. The third kappa shape index (κ3) is 4.84. The third-order valence-corrected chi connectivity index (χ3v) is 7.90. The number of rotatable bonds is 6. The largest absolute Gasteiger partial charge is 0.466 e. The van der Waals surface area contributed by atoms with Gasteiger partial charge in [-0.05, 0) is 40.2 Å². The highest BCUT2D eigenvalue weighted by molar-refractivity contribution is 7.07. The molecule has 0 saturated carbocycles. The fourth-order valence-corrected chi connectivity index (χ4v) is 5.77. The van der Waals surface area contributed by atoms with E-state index in [9.17, 15) is 14.4 Å². The molecule has 0 saturated heterocycles. The van der Waals surface area contributed by atoms with Crippen LogP contribution in [-0.2, 0) is 19.1 Å². The molecule has 38 heavy (non-hydrogen) atoms. The predicted octanol–water partition coefficient (Wildman–Crippen LogP) is 3.41. The Hall–Kier alpha value is -3.91. The first-order valence-corrected chi connectivity index (χ1v) is 13.2. The third-order valence-electron chi connectivity index (χ3n) is 6.80. The molecule has 198 valence electrons. The molecule has 7 nitrogen and oxygen atoms in total. The average Bonchev–Trinajstić information content (AvgIpc) is 3.23. The van der Waals surface area contributed by atoms with Crippen molar-refractivity contribution in [2.45, 2.75) is 45.4 Å². The summed E-state index contributed by atoms with van der Waals surface area (Å²) in [5.74, 6) is -1.62. The van der Waals surface area contributed by atoms with Crippen LogP contribution in [0.25, 0.3) is 17.5 Å². The lowest BCUT2D eigenvalue weighted by Crippen LogP contribution is -2.41. The van der Waals surface area contributed by atoms with Crippen LogP contribution in [0, 0.1) is 0 Å². The maximum absolute atomic E-state index is 13.6. The van der Waals surface area contributed by atoms with Crippen molar-refractivity contribution in [1.29, 1.82) is 0 Å². The van der Waals surface area contributed by atoms with Crippen LogP contribution in [0.3, 0.4) is 0 Å². The van der Waals surface area contributed by atoms with Gasteiger partial charge in [0.15, 0.2) is 0 Å². The number of thiazole rings is 1. The smallest absolute Gasteiger partial charge is 0.338 e. The Morgan fingerprint density at radius 1 is 0.868 bits per heavy atom. The van der Waals surface area contributed by atoms with Gasteiger partial charge in [0.05, 0.1) is 35.8 Å². The molecular weight excluding hydrogens is 500 g/mol. The zero-order chi connectivity index (χ0) is 27.7. The van der Waals surface area contributed by atoms with Crippen molar-refractivity contribution in [2.24, 2.45) is 5.73 Å². The second-order valence-corrected chi connectivity index (χ2v) is 10.9. The molecule has 1 aliphatic rings. The van der Waals surface area contributed by atoms with E-state index in [4.69, 9.17) is 15.2 Å². The van der Waals surface area contributed by atoms with Gasteiger partial charge in [-0.15, -0.1) is 11.3 Å². The van der Waals surface area contributed by atoms with Gasteiger partial charge in [-0.3, -0.25) is 9.36 Å². The van der Waals surface area contributed by atoms with Gasteiger partial charge in [-0.1, -0.05) is 76.2 Å². The summed E-state index contributed by atoms with van der Waals surface area (Å²) in [4.78, 5) is 39.9. The van der Waals surface area contributed by atoms with Crippen molar-refractivity contribution in [1.82, 2.24) is 4.57 Å². The van der Waals surface area contributed by atoms with E-state index in [0.29, 0.717) is 26.6 Å². The highest BCUT2D eigenvalue weighted by Gasteiger charge is 2.39. The second-order valence-electron chi connectivity index (χ2n) is 9.83. The van der Waals surface area contributed by atoms with Crippen LogP contribution in [-0.4, -0.2) is 30.7 Å². The lowest BCUT2D eigenvalue weighted by molar-refractivity contribution is -0.136. The molecule has 0 radical (unpaired) electrons. The SMILES string of the molecule is COC(=O)C1=C(N)n2c(s/c(=C\c3ccc(C(C)C)cc3)c2=O)=C(C(=O)OC)C1c1ccc(C(C)C)cc1. The molecule has 0 bridgehead atoms. The molecule has 0 spiro atoms. The Kier molecular flexibility index (Phi) is 7.73. The van der Waals surface area contributed by atoms with E-state index in [0.717, 1.165) is 22.5 Å². The average molecular weight is 533 g/mol. The zero-order valence-corrected chi connectivity index (χ0v) is 23.2. The van der Waals surface area contributed by atoms with Crippen LogP contribution < -0.4 is 20.5 Å². The lowest BCUT2D eigenvalue weighted by atomic mass is 9.82. The number of aromatic nitrogens is 1. The molecule has 2 N–H and O–H groups in total. The molecule has 1 atom stereocenters. The molecule has 1 aliphatic heterocycles. The van der Waals surface area contributed by atoms with E-state index in [1.54, 1.807) is 6.08 Å². The molecule has 0 fully saturated rings. The van der Waals surface area contributed by atoms with E-state index in [1.165, 1.54) is 24.4 Å². The first kappa shape index (κ1) is 27.1. The van der Waals surface area contributed by atoms with Gasteiger partial charge in [0.1, 0.15) is 10.5 Å². The number of nitrogens with zero attached hydrogens (tertiary/aromatic N) is 1. The van der Waals surface area contributed by atoms with E-state index in [2.05, 4.69) is 27.7 Å². The van der Waals surface area contributed by atoms with Crippen molar-refractivity contribution in [3.05, 3.63) is 95.9 Å². The van der Waals surface area contributed by atoms with Gasteiger partial charge in [0.25, 0.3) is 5.56 Å². The second kappa shape index (κ2) is 10.8. The van der Waals surface area contributed by atoms with Gasteiger partial charge >= 0.3 is 11.9 Å². The van der Waals surface area contributed by atoms with Crippen molar-refractivity contribution in [3.8, 4) is 0 Å². The molecule has 0 aliphatic carbocycles. The topological polar surface area (TPSA) is 101 Å². The Labute approximate surface area is 225 Å². The molecule has 2 heterocycles.